The van der Waals surface area contributed by atoms with Crippen molar-refractivity contribution in [2.24, 2.45) is 0 Å². The summed E-state index contributed by atoms with van der Waals surface area (Å²) in [5, 5.41) is 7.25. The molecule has 0 aliphatic heterocycles. The highest BCUT2D eigenvalue weighted by atomic mass is 79.9. The van der Waals surface area contributed by atoms with Crippen molar-refractivity contribution < 1.29 is 19.0 Å². The highest BCUT2D eigenvalue weighted by molar-refractivity contribution is 9.10. The van der Waals surface area contributed by atoms with Gasteiger partial charge in [-0.15, -0.1) is 0 Å². The lowest BCUT2D eigenvalue weighted by Gasteiger charge is -2.14. The van der Waals surface area contributed by atoms with E-state index in [9.17, 15) is 4.79 Å². The van der Waals surface area contributed by atoms with E-state index in [1.54, 1.807) is 17.8 Å². The van der Waals surface area contributed by atoms with E-state index in [4.69, 9.17) is 14.2 Å². The quantitative estimate of drug-likeness (QED) is 0.395. The molecule has 170 valence electrons. The van der Waals surface area contributed by atoms with Crippen molar-refractivity contribution in [3.05, 3.63) is 64.4 Å². The highest BCUT2D eigenvalue weighted by Gasteiger charge is 2.17. The monoisotopic (exact) mass is 501 g/mol. The van der Waals surface area contributed by atoms with Crippen LogP contribution in [0, 0.1) is 6.92 Å². The van der Waals surface area contributed by atoms with Gasteiger partial charge in [0.2, 0.25) is 5.91 Å². The lowest BCUT2D eigenvalue weighted by molar-refractivity contribution is -0.119. The molecular weight excluding hydrogens is 474 g/mol. The summed E-state index contributed by atoms with van der Waals surface area (Å²) in [5.74, 6) is 1.99. The molecular formula is C24H28BrN3O4. The largest absolute Gasteiger partial charge is 0.490 e. The molecule has 1 N–H and O–H groups in total. The van der Waals surface area contributed by atoms with Gasteiger partial charge in [0.15, 0.2) is 11.5 Å². The minimum atomic E-state index is -0.435. The number of aromatic nitrogens is 2. The Morgan fingerprint density at radius 3 is 2.38 bits per heavy atom. The molecule has 0 saturated heterocycles. The van der Waals surface area contributed by atoms with E-state index in [0.717, 1.165) is 21.5 Å². The molecule has 1 atom stereocenters. The van der Waals surface area contributed by atoms with Crippen LogP contribution in [0.3, 0.4) is 0 Å². The molecule has 0 saturated carbocycles. The van der Waals surface area contributed by atoms with Crippen LogP contribution in [0.2, 0.25) is 0 Å². The standard InChI is InChI=1S/C24H28BrN3O4/c1-5-30-22-12-7-18(13-23(22)31-6-2)15-32-20-10-8-19(9-11-20)26-24(29)17(4)28-14-21(25)16(3)27-28/h7-14,17H,5-6,15H2,1-4H3,(H,26,29). The van der Waals surface area contributed by atoms with Gasteiger partial charge in [0, 0.05) is 11.9 Å². The number of carbonyl (C=O) groups is 1. The maximum atomic E-state index is 12.5. The summed E-state index contributed by atoms with van der Waals surface area (Å²) in [6.45, 7) is 9.10. The Labute approximate surface area is 196 Å². The fraction of sp³-hybridized carbons (Fsp3) is 0.333. The Morgan fingerprint density at radius 2 is 1.75 bits per heavy atom. The van der Waals surface area contributed by atoms with E-state index in [-0.39, 0.29) is 5.91 Å². The van der Waals surface area contributed by atoms with Gasteiger partial charge in [-0.3, -0.25) is 9.48 Å². The molecule has 0 aliphatic rings. The molecule has 8 heteroatoms. The fourth-order valence-electron chi connectivity index (χ4n) is 3.01. The average molecular weight is 502 g/mol. The molecule has 1 amide bonds. The van der Waals surface area contributed by atoms with Crippen LogP contribution in [0.15, 0.2) is 53.1 Å². The number of carbonyl (C=O) groups excluding carboxylic acids is 1. The number of anilines is 1. The zero-order valence-electron chi connectivity index (χ0n) is 18.7. The smallest absolute Gasteiger partial charge is 0.248 e. The van der Waals surface area contributed by atoms with Crippen LogP contribution < -0.4 is 19.5 Å². The summed E-state index contributed by atoms with van der Waals surface area (Å²) in [7, 11) is 0. The van der Waals surface area contributed by atoms with Crippen LogP contribution >= 0.6 is 15.9 Å². The van der Waals surface area contributed by atoms with Crippen LogP contribution in [0.5, 0.6) is 17.2 Å². The zero-order chi connectivity index (χ0) is 23.1. The van der Waals surface area contributed by atoms with Crippen LogP contribution in [0.4, 0.5) is 5.69 Å². The van der Waals surface area contributed by atoms with Gasteiger partial charge in [-0.2, -0.15) is 5.10 Å². The van der Waals surface area contributed by atoms with Crippen molar-refractivity contribution in [1.82, 2.24) is 9.78 Å². The Bertz CT molecular complexity index is 1030. The number of hydrogen-bond donors (Lipinski definition) is 1. The van der Waals surface area contributed by atoms with Crippen molar-refractivity contribution in [3.63, 3.8) is 0 Å². The molecule has 3 rings (SSSR count). The molecule has 7 nitrogen and oxygen atoms in total. The van der Waals surface area contributed by atoms with E-state index in [2.05, 4.69) is 26.3 Å². The topological polar surface area (TPSA) is 74.6 Å². The van der Waals surface area contributed by atoms with E-state index in [0.29, 0.717) is 37.0 Å². The number of nitrogens with one attached hydrogen (secondary N) is 1. The van der Waals surface area contributed by atoms with E-state index >= 15 is 0 Å². The third-order valence-electron chi connectivity index (χ3n) is 4.77. The van der Waals surface area contributed by atoms with Crippen molar-refractivity contribution in [2.45, 2.75) is 40.3 Å². The van der Waals surface area contributed by atoms with Crippen molar-refractivity contribution in [3.8, 4) is 17.2 Å². The summed E-state index contributed by atoms with van der Waals surface area (Å²) in [5.41, 5.74) is 2.51. The third kappa shape index (κ3) is 6.03. The molecule has 2 aromatic carbocycles. The first-order valence-corrected chi connectivity index (χ1v) is 11.3. The summed E-state index contributed by atoms with van der Waals surface area (Å²) >= 11 is 3.42. The molecule has 1 unspecified atom stereocenters. The Kier molecular flexibility index (Phi) is 8.16. The second-order valence-electron chi connectivity index (χ2n) is 7.17. The molecule has 0 fully saturated rings. The summed E-state index contributed by atoms with van der Waals surface area (Å²) in [6, 6.07) is 12.6. The lowest BCUT2D eigenvalue weighted by atomic mass is 10.2. The van der Waals surface area contributed by atoms with Crippen molar-refractivity contribution >= 4 is 27.5 Å². The zero-order valence-corrected chi connectivity index (χ0v) is 20.3. The minimum Gasteiger partial charge on any atom is -0.490 e. The number of halogens is 1. The van der Waals surface area contributed by atoms with Crippen molar-refractivity contribution in [2.75, 3.05) is 18.5 Å². The number of hydrogen-bond acceptors (Lipinski definition) is 5. The van der Waals surface area contributed by atoms with Gasteiger partial charge in [0.25, 0.3) is 0 Å². The van der Waals surface area contributed by atoms with Gasteiger partial charge in [-0.05, 0) is 85.6 Å². The summed E-state index contributed by atoms with van der Waals surface area (Å²) in [4.78, 5) is 12.5. The normalized spacial score (nSPS) is 11.7. The molecule has 1 aromatic heterocycles. The maximum Gasteiger partial charge on any atom is 0.248 e. The van der Waals surface area contributed by atoms with Crippen LogP contribution in [-0.4, -0.2) is 28.9 Å². The average Bonchev–Trinajstić information content (AvgIpc) is 3.12. The number of aryl methyl sites for hydroxylation is 1. The predicted octanol–water partition coefficient (Wildman–Crippen LogP) is 5.53. The molecule has 32 heavy (non-hydrogen) atoms. The third-order valence-corrected chi connectivity index (χ3v) is 5.55. The van der Waals surface area contributed by atoms with Crippen LogP contribution in [0.1, 0.15) is 38.1 Å². The van der Waals surface area contributed by atoms with Gasteiger partial charge in [0.1, 0.15) is 18.4 Å². The molecule has 0 aliphatic carbocycles. The Hall–Kier alpha value is -3.00. The Morgan fingerprint density at radius 1 is 1.06 bits per heavy atom. The second-order valence-corrected chi connectivity index (χ2v) is 8.02. The number of nitrogens with zero attached hydrogens (tertiary/aromatic N) is 2. The maximum absolute atomic E-state index is 12.5. The van der Waals surface area contributed by atoms with Crippen molar-refractivity contribution in [1.29, 1.82) is 0 Å². The highest BCUT2D eigenvalue weighted by Crippen LogP contribution is 2.29. The van der Waals surface area contributed by atoms with Gasteiger partial charge in [0.05, 0.1) is 23.4 Å². The molecule has 1 heterocycles. The van der Waals surface area contributed by atoms with Gasteiger partial charge >= 0.3 is 0 Å². The summed E-state index contributed by atoms with van der Waals surface area (Å²) < 4.78 is 19.7. The fourth-order valence-corrected chi connectivity index (χ4v) is 3.30. The van der Waals surface area contributed by atoms with Crippen LogP contribution in [0.25, 0.3) is 0 Å². The van der Waals surface area contributed by atoms with Gasteiger partial charge in [-0.25, -0.2) is 0 Å². The van der Waals surface area contributed by atoms with E-state index in [1.165, 1.54) is 0 Å². The van der Waals surface area contributed by atoms with E-state index in [1.807, 2.05) is 63.2 Å². The molecule has 0 radical (unpaired) electrons. The first-order chi connectivity index (χ1) is 15.4. The van der Waals surface area contributed by atoms with Crippen LogP contribution in [-0.2, 0) is 11.4 Å². The predicted molar refractivity (Wildman–Crippen MR) is 128 cm³/mol. The minimum absolute atomic E-state index is 0.147. The van der Waals surface area contributed by atoms with Gasteiger partial charge < -0.3 is 19.5 Å². The SMILES string of the molecule is CCOc1ccc(COc2ccc(NC(=O)C(C)n3cc(Br)c(C)n3)cc2)cc1OCC. The lowest BCUT2D eigenvalue weighted by Crippen LogP contribution is -2.24. The second kappa shape index (κ2) is 11.0. The number of benzene rings is 2. The first-order valence-electron chi connectivity index (χ1n) is 10.5. The first kappa shape index (κ1) is 23.7. The summed E-state index contributed by atoms with van der Waals surface area (Å²) in [6.07, 6.45) is 1.80. The molecule has 3 aromatic rings. The number of ether oxygens (including phenoxy) is 3. The van der Waals surface area contributed by atoms with E-state index < -0.39 is 6.04 Å². The Balaban J connectivity index is 1.57. The molecule has 0 bridgehead atoms. The molecule has 0 spiro atoms. The van der Waals surface area contributed by atoms with Gasteiger partial charge in [-0.1, -0.05) is 6.07 Å². The number of amides is 1. The number of rotatable bonds is 10.